The van der Waals surface area contributed by atoms with Gasteiger partial charge in [-0.05, 0) is 17.9 Å². The molecule has 2 aromatic rings. The smallest absolute Gasteiger partial charge is 0.205 e. The highest BCUT2D eigenvalue weighted by atomic mass is 32.1. The molecule has 0 atom stereocenters. The Labute approximate surface area is 87.5 Å². The molecule has 1 N–H and O–H groups in total. The molecule has 0 aliphatic carbocycles. The van der Waals surface area contributed by atoms with E-state index in [2.05, 4.69) is 36.7 Å². The van der Waals surface area contributed by atoms with E-state index in [9.17, 15) is 0 Å². The van der Waals surface area contributed by atoms with Crippen molar-refractivity contribution in [2.75, 3.05) is 7.05 Å². The highest BCUT2D eigenvalue weighted by Gasteiger charge is 2.10. The van der Waals surface area contributed by atoms with Crippen molar-refractivity contribution in [3.63, 3.8) is 0 Å². The van der Waals surface area contributed by atoms with Gasteiger partial charge in [-0.2, -0.15) is 5.48 Å². The van der Waals surface area contributed by atoms with Crippen molar-refractivity contribution >= 4 is 21.4 Å². The minimum Gasteiger partial charge on any atom is -0.398 e. The van der Waals surface area contributed by atoms with Crippen molar-refractivity contribution in [3.8, 4) is 5.06 Å². The van der Waals surface area contributed by atoms with E-state index < -0.39 is 0 Å². The van der Waals surface area contributed by atoms with Gasteiger partial charge in [0.25, 0.3) is 0 Å². The van der Waals surface area contributed by atoms with E-state index in [0.29, 0.717) is 0 Å². The predicted octanol–water partition coefficient (Wildman–Crippen LogP) is 2.98. The largest absolute Gasteiger partial charge is 0.398 e. The first kappa shape index (κ1) is 9.49. The summed E-state index contributed by atoms with van der Waals surface area (Å²) in [6.07, 6.45) is 1.00. The highest BCUT2D eigenvalue weighted by molar-refractivity contribution is 7.21. The molecule has 0 aliphatic rings. The molecule has 0 radical (unpaired) electrons. The monoisotopic (exact) mass is 207 g/mol. The maximum atomic E-state index is 5.38. The summed E-state index contributed by atoms with van der Waals surface area (Å²) in [7, 11) is 1.78. The fraction of sp³-hybridized carbons (Fsp3) is 0.273. The van der Waals surface area contributed by atoms with Crippen molar-refractivity contribution in [1.29, 1.82) is 0 Å². The van der Waals surface area contributed by atoms with Gasteiger partial charge in [0.15, 0.2) is 0 Å². The molecule has 2 rings (SSSR count). The summed E-state index contributed by atoms with van der Waals surface area (Å²) < 4.78 is 1.29. The molecule has 1 aromatic carbocycles. The zero-order valence-electron chi connectivity index (χ0n) is 8.33. The Balaban J connectivity index is 2.60. The van der Waals surface area contributed by atoms with Gasteiger partial charge in [-0.1, -0.05) is 36.5 Å². The molecular weight excluding hydrogens is 194 g/mol. The van der Waals surface area contributed by atoms with Crippen LogP contribution in [0.2, 0.25) is 0 Å². The van der Waals surface area contributed by atoms with E-state index in [1.807, 2.05) is 0 Å². The molecule has 0 saturated carbocycles. The number of hydrogen-bond donors (Lipinski definition) is 1. The normalized spacial score (nSPS) is 10.7. The van der Waals surface area contributed by atoms with E-state index in [-0.39, 0.29) is 0 Å². The van der Waals surface area contributed by atoms with Gasteiger partial charge >= 0.3 is 0 Å². The Morgan fingerprint density at radius 3 is 2.86 bits per heavy atom. The molecule has 0 amide bonds. The minimum atomic E-state index is 0.983. The highest BCUT2D eigenvalue weighted by Crippen LogP contribution is 2.37. The number of hydroxylamine groups is 1. The zero-order valence-corrected chi connectivity index (χ0v) is 9.15. The van der Waals surface area contributed by atoms with E-state index in [4.69, 9.17) is 4.84 Å². The summed E-state index contributed by atoms with van der Waals surface area (Å²) >= 11 is 1.69. The molecule has 0 unspecified atom stereocenters. The van der Waals surface area contributed by atoms with Crippen molar-refractivity contribution in [3.05, 3.63) is 29.8 Å². The quantitative estimate of drug-likeness (QED) is 0.781. The Morgan fingerprint density at radius 1 is 1.36 bits per heavy atom. The fourth-order valence-electron chi connectivity index (χ4n) is 1.59. The maximum Gasteiger partial charge on any atom is 0.205 e. The summed E-state index contributed by atoms with van der Waals surface area (Å²) in [6, 6.07) is 8.40. The Hall–Kier alpha value is -1.06. The predicted molar refractivity (Wildman–Crippen MR) is 60.9 cm³/mol. The van der Waals surface area contributed by atoms with Crippen molar-refractivity contribution in [2.24, 2.45) is 0 Å². The van der Waals surface area contributed by atoms with Crippen molar-refractivity contribution < 1.29 is 4.84 Å². The van der Waals surface area contributed by atoms with Crippen LogP contribution in [0.3, 0.4) is 0 Å². The van der Waals surface area contributed by atoms with E-state index in [1.54, 1.807) is 18.4 Å². The van der Waals surface area contributed by atoms with Gasteiger partial charge in [-0.15, -0.1) is 0 Å². The number of hydrogen-bond acceptors (Lipinski definition) is 3. The first-order valence-corrected chi connectivity index (χ1v) is 5.52. The molecule has 0 bridgehead atoms. The van der Waals surface area contributed by atoms with Gasteiger partial charge in [-0.3, -0.25) is 0 Å². The van der Waals surface area contributed by atoms with Crippen LogP contribution in [0, 0.1) is 0 Å². The van der Waals surface area contributed by atoms with Gasteiger partial charge in [-0.25, -0.2) is 0 Å². The van der Waals surface area contributed by atoms with Gasteiger partial charge in [0.05, 0.1) is 0 Å². The SMILES string of the molecule is CCc1c(ONC)sc2ccccc12. The van der Waals surface area contributed by atoms with Crippen LogP contribution < -0.4 is 10.3 Å². The van der Waals surface area contributed by atoms with Crippen LogP contribution in [0.25, 0.3) is 10.1 Å². The first-order chi connectivity index (χ1) is 6.86. The van der Waals surface area contributed by atoms with Gasteiger partial charge in [0.1, 0.15) is 0 Å². The Bertz CT molecular complexity index is 436. The minimum absolute atomic E-state index is 0.983. The lowest BCUT2D eigenvalue weighted by atomic mass is 10.1. The third-order valence-electron chi connectivity index (χ3n) is 2.21. The van der Waals surface area contributed by atoms with E-state index in [1.165, 1.54) is 15.6 Å². The van der Waals surface area contributed by atoms with Crippen LogP contribution in [0.1, 0.15) is 12.5 Å². The van der Waals surface area contributed by atoms with E-state index >= 15 is 0 Å². The third-order valence-corrected chi connectivity index (χ3v) is 3.30. The van der Waals surface area contributed by atoms with Crippen LogP contribution in [0.4, 0.5) is 0 Å². The Kier molecular flexibility index (Phi) is 2.70. The molecule has 0 saturated heterocycles. The van der Waals surface area contributed by atoms with E-state index in [0.717, 1.165) is 11.5 Å². The topological polar surface area (TPSA) is 21.3 Å². The molecule has 14 heavy (non-hydrogen) atoms. The van der Waals surface area contributed by atoms with Crippen LogP contribution >= 0.6 is 11.3 Å². The van der Waals surface area contributed by atoms with Crippen molar-refractivity contribution in [2.45, 2.75) is 13.3 Å². The van der Waals surface area contributed by atoms with Crippen LogP contribution in [0.15, 0.2) is 24.3 Å². The maximum absolute atomic E-state index is 5.38. The van der Waals surface area contributed by atoms with Gasteiger partial charge in [0, 0.05) is 17.3 Å². The number of fused-ring (bicyclic) bond motifs is 1. The second kappa shape index (κ2) is 3.98. The van der Waals surface area contributed by atoms with Gasteiger partial charge in [0.2, 0.25) is 5.06 Å². The number of thiophene rings is 1. The lowest BCUT2D eigenvalue weighted by Gasteiger charge is -2.01. The number of rotatable bonds is 3. The summed E-state index contributed by atoms with van der Waals surface area (Å²) in [5.41, 5.74) is 4.02. The lowest BCUT2D eigenvalue weighted by molar-refractivity contribution is 0.230. The average Bonchev–Trinajstić information content (AvgIpc) is 2.55. The summed E-state index contributed by atoms with van der Waals surface area (Å²) in [5, 5.41) is 2.29. The van der Waals surface area contributed by atoms with Gasteiger partial charge < -0.3 is 4.84 Å². The molecule has 2 nitrogen and oxygen atoms in total. The summed E-state index contributed by atoms with van der Waals surface area (Å²) in [6.45, 7) is 2.15. The molecular formula is C11H13NOS. The molecule has 0 aliphatic heterocycles. The third kappa shape index (κ3) is 1.49. The molecule has 3 heteroatoms. The summed E-state index contributed by atoms with van der Waals surface area (Å²) in [5.74, 6) is 0. The lowest BCUT2D eigenvalue weighted by Crippen LogP contribution is -2.10. The number of benzene rings is 1. The molecule has 1 heterocycles. The van der Waals surface area contributed by atoms with Crippen LogP contribution in [0.5, 0.6) is 5.06 Å². The number of nitrogens with one attached hydrogen (secondary N) is 1. The number of aryl methyl sites for hydroxylation is 1. The first-order valence-electron chi connectivity index (χ1n) is 4.70. The van der Waals surface area contributed by atoms with Crippen LogP contribution in [-0.4, -0.2) is 7.05 Å². The fourth-order valence-corrected chi connectivity index (χ4v) is 2.74. The molecule has 74 valence electrons. The standard InChI is InChI=1S/C11H13NOS/c1-3-8-9-6-4-5-7-10(9)14-11(8)13-12-2/h4-7,12H,3H2,1-2H3. The second-order valence-corrected chi connectivity index (χ2v) is 4.04. The molecule has 0 fully saturated rings. The summed E-state index contributed by atoms with van der Waals surface area (Å²) in [4.78, 5) is 5.38. The van der Waals surface area contributed by atoms with Crippen molar-refractivity contribution in [1.82, 2.24) is 5.48 Å². The van der Waals surface area contributed by atoms with Crippen LogP contribution in [-0.2, 0) is 6.42 Å². The molecule has 1 aromatic heterocycles. The molecule has 0 spiro atoms. The zero-order chi connectivity index (χ0) is 9.97. The second-order valence-electron chi connectivity index (χ2n) is 3.02. The Morgan fingerprint density at radius 2 is 2.14 bits per heavy atom. The average molecular weight is 207 g/mol.